The Balaban J connectivity index is 1.97. The van der Waals surface area contributed by atoms with E-state index in [-0.39, 0.29) is 0 Å². The second kappa shape index (κ2) is 2.13. The SMILES string of the molecule is CC1C2C3C=CC(c4ccccc43)C12. The van der Waals surface area contributed by atoms with Gasteiger partial charge < -0.3 is 0 Å². The Kier molecular flexibility index (Phi) is 1.11. The first-order valence-corrected chi connectivity index (χ1v) is 5.65. The van der Waals surface area contributed by atoms with Crippen molar-refractivity contribution < 1.29 is 0 Å². The molecule has 70 valence electrons. The molecule has 1 saturated carbocycles. The summed E-state index contributed by atoms with van der Waals surface area (Å²) in [4.78, 5) is 0. The van der Waals surface area contributed by atoms with E-state index in [0.29, 0.717) is 0 Å². The van der Waals surface area contributed by atoms with Crippen LogP contribution in [0.4, 0.5) is 0 Å². The van der Waals surface area contributed by atoms with Crippen LogP contribution in [-0.2, 0) is 0 Å². The van der Waals surface area contributed by atoms with Crippen molar-refractivity contribution in [2.45, 2.75) is 18.8 Å². The summed E-state index contributed by atoms with van der Waals surface area (Å²) >= 11 is 0. The smallest absolute Gasteiger partial charge is 0.00551 e. The number of rotatable bonds is 0. The fraction of sp³-hybridized carbons (Fsp3) is 0.429. The van der Waals surface area contributed by atoms with E-state index in [1.54, 1.807) is 11.1 Å². The second-order valence-electron chi connectivity index (χ2n) is 5.08. The highest BCUT2D eigenvalue weighted by Gasteiger charge is 2.59. The monoisotopic (exact) mass is 182 g/mol. The molecule has 0 heteroatoms. The van der Waals surface area contributed by atoms with Gasteiger partial charge in [0.2, 0.25) is 0 Å². The molecule has 0 aromatic heterocycles. The highest BCUT2D eigenvalue weighted by molar-refractivity contribution is 5.49. The van der Waals surface area contributed by atoms with Gasteiger partial charge in [-0.05, 0) is 28.9 Å². The van der Waals surface area contributed by atoms with Crippen molar-refractivity contribution in [2.75, 3.05) is 0 Å². The van der Waals surface area contributed by atoms with Crippen LogP contribution in [0.15, 0.2) is 36.4 Å². The summed E-state index contributed by atoms with van der Waals surface area (Å²) < 4.78 is 0. The van der Waals surface area contributed by atoms with Crippen LogP contribution in [0.3, 0.4) is 0 Å². The largest absolute Gasteiger partial charge is 0.0801 e. The molecule has 0 N–H and O–H groups in total. The van der Waals surface area contributed by atoms with Crippen LogP contribution in [0.2, 0.25) is 0 Å². The highest BCUT2D eigenvalue weighted by Crippen LogP contribution is 2.67. The molecule has 5 rings (SSSR count). The molecule has 0 saturated heterocycles. The first kappa shape index (κ1) is 7.28. The molecule has 4 aliphatic rings. The average molecular weight is 182 g/mol. The molecule has 4 unspecified atom stereocenters. The fourth-order valence-corrected chi connectivity index (χ4v) is 3.89. The predicted octanol–water partition coefficient (Wildman–Crippen LogP) is 3.32. The minimum absolute atomic E-state index is 0.746. The molecule has 1 aromatic carbocycles. The summed E-state index contributed by atoms with van der Waals surface area (Å²) in [7, 11) is 0. The van der Waals surface area contributed by atoms with Crippen molar-refractivity contribution in [2.24, 2.45) is 17.8 Å². The number of hydrogen-bond acceptors (Lipinski definition) is 0. The van der Waals surface area contributed by atoms with Gasteiger partial charge >= 0.3 is 0 Å². The van der Waals surface area contributed by atoms with Gasteiger partial charge in [0, 0.05) is 11.8 Å². The van der Waals surface area contributed by atoms with E-state index in [4.69, 9.17) is 0 Å². The van der Waals surface area contributed by atoms with Gasteiger partial charge in [0.1, 0.15) is 0 Å². The zero-order chi connectivity index (χ0) is 9.28. The third-order valence-corrected chi connectivity index (χ3v) is 4.59. The van der Waals surface area contributed by atoms with Gasteiger partial charge in [0.05, 0.1) is 0 Å². The molecule has 4 atom stereocenters. The standard InChI is InChI=1S/C14H14/c1-8-13-11-6-7-12(14(8)13)10-5-3-2-4-9(10)11/h2-8,11-14H,1H3. The Bertz CT molecular complexity index is 390. The van der Waals surface area contributed by atoms with Gasteiger partial charge in [0.15, 0.2) is 0 Å². The molecular weight excluding hydrogens is 168 g/mol. The lowest BCUT2D eigenvalue weighted by Gasteiger charge is -2.32. The van der Waals surface area contributed by atoms with Gasteiger partial charge in [-0.15, -0.1) is 0 Å². The van der Waals surface area contributed by atoms with Crippen LogP contribution in [0.1, 0.15) is 29.9 Å². The minimum Gasteiger partial charge on any atom is -0.0801 e. The summed E-state index contributed by atoms with van der Waals surface area (Å²) in [5.74, 6) is 4.39. The molecule has 1 aromatic rings. The Morgan fingerprint density at radius 2 is 1.36 bits per heavy atom. The van der Waals surface area contributed by atoms with Crippen molar-refractivity contribution in [3.63, 3.8) is 0 Å². The summed E-state index contributed by atoms with van der Waals surface area (Å²) in [5.41, 5.74) is 3.23. The molecule has 0 amide bonds. The number of benzene rings is 1. The third kappa shape index (κ3) is 0.648. The van der Waals surface area contributed by atoms with E-state index >= 15 is 0 Å². The molecule has 0 nitrogen and oxygen atoms in total. The Morgan fingerprint density at radius 3 is 1.86 bits per heavy atom. The van der Waals surface area contributed by atoms with Gasteiger partial charge in [-0.2, -0.15) is 0 Å². The summed E-state index contributed by atoms with van der Waals surface area (Å²) in [5, 5.41) is 0. The predicted molar refractivity (Wildman–Crippen MR) is 57.2 cm³/mol. The normalized spacial score (nSPS) is 45.9. The maximum atomic E-state index is 2.46. The topological polar surface area (TPSA) is 0 Å². The summed E-state index contributed by atoms with van der Waals surface area (Å²) in [6.45, 7) is 2.42. The minimum atomic E-state index is 0.746. The molecule has 4 aliphatic carbocycles. The molecule has 0 heterocycles. The second-order valence-corrected chi connectivity index (χ2v) is 5.08. The van der Waals surface area contributed by atoms with E-state index in [1.165, 1.54) is 0 Å². The van der Waals surface area contributed by atoms with E-state index in [2.05, 4.69) is 43.3 Å². The quantitative estimate of drug-likeness (QED) is 0.540. The molecule has 14 heavy (non-hydrogen) atoms. The molecule has 0 spiro atoms. The van der Waals surface area contributed by atoms with Crippen molar-refractivity contribution in [1.29, 1.82) is 0 Å². The molecule has 0 aliphatic heterocycles. The lowest BCUT2D eigenvalue weighted by Crippen LogP contribution is -2.19. The van der Waals surface area contributed by atoms with E-state index in [0.717, 1.165) is 29.6 Å². The van der Waals surface area contributed by atoms with Crippen LogP contribution in [0.25, 0.3) is 0 Å². The van der Waals surface area contributed by atoms with E-state index < -0.39 is 0 Å². The lowest BCUT2D eigenvalue weighted by atomic mass is 9.72. The highest BCUT2D eigenvalue weighted by atomic mass is 14.6. The maximum absolute atomic E-state index is 2.46. The third-order valence-electron chi connectivity index (χ3n) is 4.59. The number of allylic oxidation sites excluding steroid dienone is 2. The van der Waals surface area contributed by atoms with Crippen molar-refractivity contribution in [3.05, 3.63) is 47.5 Å². The number of hydrogen-bond donors (Lipinski definition) is 0. The van der Waals surface area contributed by atoms with E-state index in [1.807, 2.05) is 0 Å². The summed E-state index contributed by atoms with van der Waals surface area (Å²) in [6, 6.07) is 9.04. The van der Waals surface area contributed by atoms with Crippen LogP contribution in [0, 0.1) is 17.8 Å². The van der Waals surface area contributed by atoms with Crippen molar-refractivity contribution in [1.82, 2.24) is 0 Å². The van der Waals surface area contributed by atoms with E-state index in [9.17, 15) is 0 Å². The molecule has 0 radical (unpaired) electrons. The van der Waals surface area contributed by atoms with Gasteiger partial charge in [-0.25, -0.2) is 0 Å². The van der Waals surface area contributed by atoms with Gasteiger partial charge in [-0.1, -0.05) is 43.3 Å². The maximum Gasteiger partial charge on any atom is 0.00551 e. The zero-order valence-corrected chi connectivity index (χ0v) is 8.35. The van der Waals surface area contributed by atoms with Crippen LogP contribution < -0.4 is 0 Å². The van der Waals surface area contributed by atoms with Crippen molar-refractivity contribution in [3.8, 4) is 0 Å². The van der Waals surface area contributed by atoms with Crippen LogP contribution >= 0.6 is 0 Å². The van der Waals surface area contributed by atoms with Gasteiger partial charge in [0.25, 0.3) is 0 Å². The Morgan fingerprint density at radius 1 is 0.857 bits per heavy atom. The Labute approximate surface area is 84.6 Å². The average Bonchev–Trinajstić information content (AvgIpc) is 2.94. The van der Waals surface area contributed by atoms with Crippen molar-refractivity contribution >= 4 is 0 Å². The lowest BCUT2D eigenvalue weighted by molar-refractivity contribution is 0.523. The summed E-state index contributed by atoms with van der Waals surface area (Å²) in [6.07, 6.45) is 4.91. The molecular formula is C14H14. The first-order valence-electron chi connectivity index (χ1n) is 5.65. The zero-order valence-electron chi connectivity index (χ0n) is 8.35. The molecule has 2 bridgehead atoms. The van der Waals surface area contributed by atoms with Gasteiger partial charge in [-0.3, -0.25) is 0 Å². The first-order chi connectivity index (χ1) is 6.88. The van der Waals surface area contributed by atoms with Crippen LogP contribution in [0.5, 0.6) is 0 Å². The molecule has 1 fully saturated rings. The van der Waals surface area contributed by atoms with Crippen LogP contribution in [-0.4, -0.2) is 0 Å². The Hall–Kier alpha value is -1.04. The fourth-order valence-electron chi connectivity index (χ4n) is 3.89.